The summed E-state index contributed by atoms with van der Waals surface area (Å²) in [7, 11) is 1.95. The molecule has 1 heterocycles. The second-order valence-electron chi connectivity index (χ2n) is 3.75. The minimum Gasteiger partial charge on any atom is -0.303 e. The molecular weight excluding hydrogens is 210 g/mol. The van der Waals surface area contributed by atoms with Crippen molar-refractivity contribution in [1.29, 1.82) is 0 Å². The first-order chi connectivity index (χ1) is 7.26. The van der Waals surface area contributed by atoms with E-state index in [0.29, 0.717) is 0 Å². The summed E-state index contributed by atoms with van der Waals surface area (Å²) < 4.78 is 1.85. The molecule has 0 amide bonds. The van der Waals surface area contributed by atoms with E-state index in [1.807, 2.05) is 17.9 Å². The summed E-state index contributed by atoms with van der Waals surface area (Å²) in [5.41, 5.74) is 1.31. The van der Waals surface area contributed by atoms with Crippen molar-refractivity contribution in [2.45, 2.75) is 19.8 Å². The van der Waals surface area contributed by atoms with Gasteiger partial charge in [-0.15, -0.1) is 11.6 Å². The van der Waals surface area contributed by atoms with Gasteiger partial charge in [-0.05, 0) is 31.5 Å². The Hall–Kier alpha value is -0.540. The summed E-state index contributed by atoms with van der Waals surface area (Å²) in [6.45, 7) is 5.48. The molecule has 0 radical (unpaired) electrons. The Morgan fingerprint density at radius 3 is 2.80 bits per heavy atom. The van der Waals surface area contributed by atoms with Gasteiger partial charge in [0.15, 0.2) is 0 Å². The second kappa shape index (κ2) is 6.85. The zero-order chi connectivity index (χ0) is 11.1. The van der Waals surface area contributed by atoms with E-state index in [1.54, 1.807) is 0 Å². The van der Waals surface area contributed by atoms with Crippen LogP contribution in [0.3, 0.4) is 0 Å². The quantitative estimate of drug-likeness (QED) is 0.667. The lowest BCUT2D eigenvalue weighted by Gasteiger charge is -2.19. The number of rotatable bonds is 7. The number of nitrogens with zero attached hydrogens (tertiary/aromatic N) is 3. The van der Waals surface area contributed by atoms with Gasteiger partial charge in [-0.1, -0.05) is 6.92 Å². The van der Waals surface area contributed by atoms with Gasteiger partial charge in [-0.2, -0.15) is 5.10 Å². The molecule has 1 aromatic rings. The van der Waals surface area contributed by atoms with Crippen molar-refractivity contribution < 1.29 is 0 Å². The molecular formula is C11H20ClN3. The van der Waals surface area contributed by atoms with E-state index in [9.17, 15) is 0 Å². The molecule has 1 aromatic heterocycles. The minimum atomic E-state index is 0.753. The van der Waals surface area contributed by atoms with Gasteiger partial charge < -0.3 is 4.90 Å². The molecule has 0 unspecified atom stereocenters. The van der Waals surface area contributed by atoms with E-state index in [0.717, 1.165) is 38.4 Å². The molecule has 0 aliphatic rings. The molecule has 0 fully saturated rings. The zero-order valence-electron chi connectivity index (χ0n) is 9.62. The Morgan fingerprint density at radius 2 is 2.27 bits per heavy atom. The third-order valence-corrected chi connectivity index (χ3v) is 2.80. The van der Waals surface area contributed by atoms with Crippen LogP contribution in [0, 0.1) is 0 Å². The predicted molar refractivity (Wildman–Crippen MR) is 64.4 cm³/mol. The number of halogens is 1. The van der Waals surface area contributed by atoms with Gasteiger partial charge in [0.1, 0.15) is 0 Å². The van der Waals surface area contributed by atoms with Crippen LogP contribution in [-0.2, 0) is 13.5 Å². The molecule has 4 heteroatoms. The highest BCUT2D eigenvalue weighted by Gasteiger charge is 2.03. The van der Waals surface area contributed by atoms with Crippen LogP contribution in [0.25, 0.3) is 0 Å². The normalized spacial score (nSPS) is 11.2. The van der Waals surface area contributed by atoms with Gasteiger partial charge in [-0.3, -0.25) is 4.68 Å². The first-order valence-corrected chi connectivity index (χ1v) is 6.05. The average Bonchev–Trinajstić information content (AvgIpc) is 2.65. The van der Waals surface area contributed by atoms with Crippen LogP contribution in [0.15, 0.2) is 12.4 Å². The average molecular weight is 230 g/mol. The molecule has 0 aromatic carbocycles. The lowest BCUT2D eigenvalue weighted by molar-refractivity contribution is 0.293. The summed E-state index contributed by atoms with van der Waals surface area (Å²) in [5.74, 6) is 0.753. The van der Waals surface area contributed by atoms with Crippen LogP contribution in [0.1, 0.15) is 18.9 Å². The molecule has 0 aliphatic carbocycles. The maximum atomic E-state index is 5.68. The van der Waals surface area contributed by atoms with E-state index >= 15 is 0 Å². The summed E-state index contributed by atoms with van der Waals surface area (Å²) in [4.78, 5) is 2.43. The van der Waals surface area contributed by atoms with E-state index in [2.05, 4.69) is 23.1 Å². The molecule has 0 N–H and O–H groups in total. The largest absolute Gasteiger partial charge is 0.303 e. The van der Waals surface area contributed by atoms with E-state index in [-0.39, 0.29) is 0 Å². The first-order valence-electron chi connectivity index (χ1n) is 5.52. The number of hydrogen-bond acceptors (Lipinski definition) is 2. The molecule has 0 saturated carbocycles. The Morgan fingerprint density at radius 1 is 1.47 bits per heavy atom. The molecule has 86 valence electrons. The minimum absolute atomic E-state index is 0.753. The van der Waals surface area contributed by atoms with Crippen molar-refractivity contribution in [3.05, 3.63) is 18.0 Å². The van der Waals surface area contributed by atoms with Crippen molar-refractivity contribution in [1.82, 2.24) is 14.7 Å². The van der Waals surface area contributed by atoms with Gasteiger partial charge in [-0.25, -0.2) is 0 Å². The van der Waals surface area contributed by atoms with Crippen LogP contribution < -0.4 is 0 Å². The molecule has 0 aliphatic heterocycles. The number of aryl methyl sites for hydroxylation is 1. The monoisotopic (exact) mass is 229 g/mol. The van der Waals surface area contributed by atoms with Crippen molar-refractivity contribution in [2.24, 2.45) is 7.05 Å². The number of aromatic nitrogens is 2. The lowest BCUT2D eigenvalue weighted by atomic mass is 10.2. The zero-order valence-corrected chi connectivity index (χ0v) is 10.4. The standard InChI is InChI=1S/C11H20ClN3/c1-3-15(7-4-6-12)8-5-11-9-13-14(2)10-11/h9-10H,3-8H2,1-2H3. The predicted octanol–water partition coefficient (Wildman–Crippen LogP) is 1.91. The van der Waals surface area contributed by atoms with Gasteiger partial charge in [0.05, 0.1) is 6.20 Å². The molecule has 0 bridgehead atoms. The highest BCUT2D eigenvalue weighted by atomic mass is 35.5. The maximum absolute atomic E-state index is 5.68. The van der Waals surface area contributed by atoms with Crippen molar-refractivity contribution in [3.8, 4) is 0 Å². The summed E-state index contributed by atoms with van der Waals surface area (Å²) >= 11 is 5.68. The Balaban J connectivity index is 2.27. The van der Waals surface area contributed by atoms with Crippen LogP contribution in [0.5, 0.6) is 0 Å². The topological polar surface area (TPSA) is 21.1 Å². The maximum Gasteiger partial charge on any atom is 0.0522 e. The second-order valence-corrected chi connectivity index (χ2v) is 4.13. The van der Waals surface area contributed by atoms with Crippen molar-refractivity contribution in [3.63, 3.8) is 0 Å². The van der Waals surface area contributed by atoms with Gasteiger partial charge >= 0.3 is 0 Å². The highest BCUT2D eigenvalue weighted by Crippen LogP contribution is 2.01. The lowest BCUT2D eigenvalue weighted by Crippen LogP contribution is -2.27. The molecule has 0 atom stereocenters. The molecule has 0 saturated heterocycles. The van der Waals surface area contributed by atoms with E-state index in [4.69, 9.17) is 11.6 Å². The Bertz CT molecular complexity index is 273. The van der Waals surface area contributed by atoms with E-state index < -0.39 is 0 Å². The number of hydrogen-bond donors (Lipinski definition) is 0. The van der Waals surface area contributed by atoms with Crippen LogP contribution in [0.4, 0.5) is 0 Å². The smallest absolute Gasteiger partial charge is 0.0522 e. The van der Waals surface area contributed by atoms with Gasteiger partial charge in [0.2, 0.25) is 0 Å². The third kappa shape index (κ3) is 4.67. The SMILES string of the molecule is CCN(CCCCl)CCc1cnn(C)c1. The Kier molecular flexibility index (Phi) is 5.73. The van der Waals surface area contributed by atoms with E-state index in [1.165, 1.54) is 5.56 Å². The summed E-state index contributed by atoms with van der Waals surface area (Å²) in [6.07, 6.45) is 6.16. The molecule has 0 spiro atoms. The van der Waals surface area contributed by atoms with Crippen molar-refractivity contribution in [2.75, 3.05) is 25.5 Å². The summed E-state index contributed by atoms with van der Waals surface area (Å²) in [6, 6.07) is 0. The number of alkyl halides is 1. The Labute approximate surface area is 97.0 Å². The molecule has 1 rings (SSSR count). The third-order valence-electron chi connectivity index (χ3n) is 2.53. The highest BCUT2D eigenvalue weighted by molar-refractivity contribution is 6.17. The fourth-order valence-electron chi connectivity index (χ4n) is 1.60. The fraction of sp³-hybridized carbons (Fsp3) is 0.727. The van der Waals surface area contributed by atoms with Crippen LogP contribution >= 0.6 is 11.6 Å². The molecule has 15 heavy (non-hydrogen) atoms. The molecule has 3 nitrogen and oxygen atoms in total. The first kappa shape index (κ1) is 12.5. The number of likely N-dealkylation sites (N-methyl/N-ethyl adjacent to an activating group) is 1. The van der Waals surface area contributed by atoms with Crippen LogP contribution in [0.2, 0.25) is 0 Å². The van der Waals surface area contributed by atoms with Crippen molar-refractivity contribution >= 4 is 11.6 Å². The summed E-state index contributed by atoms with van der Waals surface area (Å²) in [5, 5.41) is 4.16. The van der Waals surface area contributed by atoms with Crippen LogP contribution in [-0.4, -0.2) is 40.2 Å². The fourth-order valence-corrected chi connectivity index (χ4v) is 1.72. The van der Waals surface area contributed by atoms with Gasteiger partial charge in [0, 0.05) is 25.7 Å². The van der Waals surface area contributed by atoms with Gasteiger partial charge in [0.25, 0.3) is 0 Å².